The number of allylic oxidation sites excluding steroid dienone is 29. The number of ether oxygens (including phenoxy) is 3. The summed E-state index contributed by atoms with van der Waals surface area (Å²) in [6, 6.07) is 0. The molecule has 0 saturated carbocycles. The summed E-state index contributed by atoms with van der Waals surface area (Å²) >= 11 is 0. The lowest BCUT2D eigenvalue weighted by Crippen LogP contribution is -2.30. The number of unbranched alkanes of at least 4 members (excludes halogenated alkanes) is 10. The Bertz CT molecular complexity index is 1800. The Balaban J connectivity index is 4.49. The molecule has 75 heavy (non-hydrogen) atoms. The Morgan fingerprint density at radius 3 is 0.880 bits per heavy atom. The van der Waals surface area contributed by atoms with E-state index < -0.39 is 12.1 Å². The van der Waals surface area contributed by atoms with Crippen molar-refractivity contribution in [3.63, 3.8) is 0 Å². The first kappa shape index (κ1) is 69.5. The van der Waals surface area contributed by atoms with Gasteiger partial charge in [-0.25, -0.2) is 0 Å². The summed E-state index contributed by atoms with van der Waals surface area (Å²) in [4.78, 5) is 38.1. The first-order chi connectivity index (χ1) is 37.0. The molecule has 0 aromatic carbocycles. The predicted octanol–water partition coefficient (Wildman–Crippen LogP) is 20.1. The van der Waals surface area contributed by atoms with Crippen molar-refractivity contribution in [1.82, 2.24) is 0 Å². The van der Waals surface area contributed by atoms with Gasteiger partial charge in [-0.15, -0.1) is 0 Å². The van der Waals surface area contributed by atoms with Gasteiger partial charge in [-0.1, -0.05) is 242 Å². The van der Waals surface area contributed by atoms with E-state index in [1.165, 1.54) is 6.42 Å². The van der Waals surface area contributed by atoms with Gasteiger partial charge >= 0.3 is 17.9 Å². The van der Waals surface area contributed by atoms with Gasteiger partial charge in [0, 0.05) is 12.8 Å². The summed E-state index contributed by atoms with van der Waals surface area (Å²) in [5, 5.41) is 0. The van der Waals surface area contributed by atoms with Crippen LogP contribution in [0, 0.1) is 0 Å². The van der Waals surface area contributed by atoms with Crippen LogP contribution in [0.3, 0.4) is 0 Å². The van der Waals surface area contributed by atoms with Crippen molar-refractivity contribution in [2.24, 2.45) is 0 Å². The molecule has 0 N–H and O–H groups in total. The molecule has 0 radical (unpaired) electrons. The van der Waals surface area contributed by atoms with Crippen LogP contribution in [0.4, 0.5) is 0 Å². The summed E-state index contributed by atoms with van der Waals surface area (Å²) in [6.07, 6.45) is 92.0. The standard InChI is InChI=1S/C69H104O6/c1-4-7-10-13-16-19-22-25-27-28-29-30-31-32-33-34-35-36-37-38-39-40-42-44-47-50-53-56-59-62-68(71)74-65-66(64-73-67(70)61-58-55-52-49-46-43-24-21-18-15-12-9-6-3)75-69(72)63-60-57-54-51-48-45-41-26-23-20-17-14-11-8-5-2/h7-8,10-12,15-17,19-21,24-27,29-30,32-33,35-36,38-39,41-42,44,48,51,57,60,66H,4-6,9,13-14,18,22-23,28,31,34,37,40,43,45-47,49-50,52-56,58-59,61-65H2,1-3H3/b10-7-,11-8-,15-12-,19-16-,20-17-,24-21-,27-25-,30-29-,33-32-,36-35-,39-38-,41-26-,44-42-,51-48-,60-57-. The van der Waals surface area contributed by atoms with Crippen LogP contribution >= 0.6 is 0 Å². The Hall–Kier alpha value is -5.49. The molecular formula is C69H104O6. The van der Waals surface area contributed by atoms with Gasteiger partial charge in [0.15, 0.2) is 6.10 Å². The summed E-state index contributed by atoms with van der Waals surface area (Å²) in [6.45, 7) is 6.20. The van der Waals surface area contributed by atoms with Crippen LogP contribution in [0.25, 0.3) is 0 Å². The highest BCUT2D eigenvalue weighted by Gasteiger charge is 2.19. The fraction of sp³-hybridized carbons (Fsp3) is 0.522. The highest BCUT2D eigenvalue weighted by molar-refractivity contribution is 5.72. The van der Waals surface area contributed by atoms with Crippen molar-refractivity contribution in [1.29, 1.82) is 0 Å². The highest BCUT2D eigenvalue weighted by Crippen LogP contribution is 2.11. The molecule has 0 bridgehead atoms. The largest absolute Gasteiger partial charge is 0.462 e. The maximum Gasteiger partial charge on any atom is 0.310 e. The zero-order valence-electron chi connectivity index (χ0n) is 47.5. The molecule has 0 spiro atoms. The van der Waals surface area contributed by atoms with E-state index in [2.05, 4.69) is 191 Å². The third-order valence-electron chi connectivity index (χ3n) is 11.4. The average Bonchev–Trinajstić information content (AvgIpc) is 3.41. The maximum atomic E-state index is 12.8. The van der Waals surface area contributed by atoms with Crippen molar-refractivity contribution in [2.75, 3.05) is 13.2 Å². The predicted molar refractivity (Wildman–Crippen MR) is 324 cm³/mol. The van der Waals surface area contributed by atoms with Gasteiger partial charge in [-0.05, 0) is 135 Å². The zero-order chi connectivity index (χ0) is 54.3. The van der Waals surface area contributed by atoms with Gasteiger partial charge in [-0.2, -0.15) is 0 Å². The van der Waals surface area contributed by atoms with Gasteiger partial charge in [0.25, 0.3) is 0 Å². The van der Waals surface area contributed by atoms with E-state index >= 15 is 0 Å². The molecule has 0 heterocycles. The molecule has 0 saturated heterocycles. The second-order valence-corrected chi connectivity index (χ2v) is 18.4. The van der Waals surface area contributed by atoms with Crippen molar-refractivity contribution in [3.8, 4) is 0 Å². The molecule has 0 aliphatic carbocycles. The molecule has 0 aromatic rings. The molecule has 0 rings (SSSR count). The van der Waals surface area contributed by atoms with Crippen molar-refractivity contribution >= 4 is 17.9 Å². The molecule has 1 unspecified atom stereocenters. The van der Waals surface area contributed by atoms with Crippen LogP contribution in [-0.2, 0) is 28.6 Å². The molecule has 1 atom stereocenters. The van der Waals surface area contributed by atoms with Crippen LogP contribution in [0.1, 0.15) is 213 Å². The van der Waals surface area contributed by atoms with Gasteiger partial charge < -0.3 is 14.2 Å². The van der Waals surface area contributed by atoms with E-state index in [0.717, 1.165) is 161 Å². The summed E-state index contributed by atoms with van der Waals surface area (Å²) < 4.78 is 16.7. The van der Waals surface area contributed by atoms with Gasteiger partial charge in [0.05, 0.1) is 6.42 Å². The maximum absolute atomic E-state index is 12.8. The summed E-state index contributed by atoms with van der Waals surface area (Å²) in [5.74, 6) is -1.13. The van der Waals surface area contributed by atoms with E-state index in [4.69, 9.17) is 14.2 Å². The Morgan fingerprint density at radius 2 is 0.560 bits per heavy atom. The van der Waals surface area contributed by atoms with Gasteiger partial charge in [-0.3, -0.25) is 14.4 Å². The van der Waals surface area contributed by atoms with E-state index in [1.54, 1.807) is 6.08 Å². The lowest BCUT2D eigenvalue weighted by Gasteiger charge is -2.18. The summed E-state index contributed by atoms with van der Waals surface area (Å²) in [5.41, 5.74) is 0. The fourth-order valence-corrected chi connectivity index (χ4v) is 7.10. The smallest absolute Gasteiger partial charge is 0.310 e. The zero-order valence-corrected chi connectivity index (χ0v) is 47.5. The molecule has 6 heteroatoms. The summed E-state index contributed by atoms with van der Waals surface area (Å²) in [7, 11) is 0. The van der Waals surface area contributed by atoms with Crippen molar-refractivity contribution in [2.45, 2.75) is 219 Å². The second kappa shape index (κ2) is 61.1. The molecule has 0 aliphatic rings. The van der Waals surface area contributed by atoms with Crippen LogP contribution < -0.4 is 0 Å². The Labute approximate surface area is 459 Å². The van der Waals surface area contributed by atoms with Crippen LogP contribution in [0.5, 0.6) is 0 Å². The molecular weight excluding hydrogens is 925 g/mol. The topological polar surface area (TPSA) is 78.9 Å². The fourth-order valence-electron chi connectivity index (χ4n) is 7.10. The van der Waals surface area contributed by atoms with Crippen LogP contribution in [-0.4, -0.2) is 37.2 Å². The minimum absolute atomic E-state index is 0.0780. The van der Waals surface area contributed by atoms with Gasteiger partial charge in [0.1, 0.15) is 13.2 Å². The normalized spacial score (nSPS) is 13.5. The quantitative estimate of drug-likeness (QED) is 0.0261. The van der Waals surface area contributed by atoms with E-state index in [1.807, 2.05) is 6.08 Å². The first-order valence-corrected chi connectivity index (χ1v) is 29.3. The van der Waals surface area contributed by atoms with Crippen molar-refractivity contribution in [3.05, 3.63) is 182 Å². The number of rotatable bonds is 50. The van der Waals surface area contributed by atoms with E-state index in [0.29, 0.717) is 19.3 Å². The SMILES string of the molecule is CC/C=C\C/C=C\C/C=C\C/C=C\C/C=C\C/C=C\C/C=C\C/C=C\CCCCCCC(=O)OCC(COC(=O)CCCCCCC/C=C\C/C=C\CCC)OC(=O)C/C=C\C/C=C\C/C=C\C/C=C\C/C=C\CC. The lowest BCUT2D eigenvalue weighted by molar-refractivity contribution is -0.166. The molecule has 0 fully saturated rings. The molecule has 416 valence electrons. The molecule has 0 amide bonds. The number of esters is 3. The number of carbonyl (C=O) groups excluding carboxylic acids is 3. The van der Waals surface area contributed by atoms with E-state index in [-0.39, 0.29) is 31.6 Å². The van der Waals surface area contributed by atoms with Gasteiger partial charge in [0.2, 0.25) is 0 Å². The average molecular weight is 1030 g/mol. The monoisotopic (exact) mass is 1030 g/mol. The molecule has 0 aliphatic heterocycles. The Kier molecular flexibility index (Phi) is 56.6. The third-order valence-corrected chi connectivity index (χ3v) is 11.4. The lowest BCUT2D eigenvalue weighted by atomic mass is 10.1. The number of carbonyl (C=O) groups is 3. The first-order valence-electron chi connectivity index (χ1n) is 29.3. The van der Waals surface area contributed by atoms with Crippen molar-refractivity contribution < 1.29 is 28.6 Å². The highest BCUT2D eigenvalue weighted by atomic mass is 16.6. The minimum Gasteiger partial charge on any atom is -0.462 e. The van der Waals surface area contributed by atoms with Crippen LogP contribution in [0.2, 0.25) is 0 Å². The van der Waals surface area contributed by atoms with E-state index in [9.17, 15) is 14.4 Å². The van der Waals surface area contributed by atoms with Crippen LogP contribution in [0.15, 0.2) is 182 Å². The minimum atomic E-state index is -0.860. The third kappa shape index (κ3) is 59.3. The second-order valence-electron chi connectivity index (χ2n) is 18.4. The number of hydrogen-bond acceptors (Lipinski definition) is 6. The number of hydrogen-bond donors (Lipinski definition) is 0. The molecule has 0 aromatic heterocycles. The Morgan fingerprint density at radius 1 is 0.293 bits per heavy atom. The molecule has 6 nitrogen and oxygen atoms in total.